The highest BCUT2D eigenvalue weighted by atomic mass is 32.2. The Labute approximate surface area is 157 Å². The Morgan fingerprint density at radius 1 is 0.625 bits per heavy atom. The average molecular weight is 356 g/mol. The Bertz CT molecular complexity index is 252. The Morgan fingerprint density at radius 2 is 0.958 bits per heavy atom. The zero-order valence-electron chi connectivity index (χ0n) is 16.5. The number of carbonyl (C=O) groups is 1. The molecule has 0 aliphatic rings. The van der Waals surface area contributed by atoms with Gasteiger partial charge in [0.2, 0.25) is 0 Å². The summed E-state index contributed by atoms with van der Waals surface area (Å²) in [6.07, 6.45) is 24.3. The van der Waals surface area contributed by atoms with Gasteiger partial charge in [0.25, 0.3) is 0 Å². The minimum atomic E-state index is 0.325. The van der Waals surface area contributed by atoms with Gasteiger partial charge in [-0.05, 0) is 13.3 Å². The standard InChI is InChI=1S/C22H43OS/c1-3-5-6-7-8-9-10-11-12-13-14-15-16-17-18-19-20-21-22(23)24-4-2/h2-21H2,1H3. The number of carbonyl (C=O) groups excluding carboxylic acids is 1. The monoisotopic (exact) mass is 355 g/mol. The van der Waals surface area contributed by atoms with Gasteiger partial charge in [-0.25, -0.2) is 0 Å². The fourth-order valence-electron chi connectivity index (χ4n) is 3.18. The van der Waals surface area contributed by atoms with Crippen LogP contribution in [0.4, 0.5) is 0 Å². The molecule has 0 rings (SSSR count). The predicted molar refractivity (Wildman–Crippen MR) is 112 cm³/mol. The summed E-state index contributed by atoms with van der Waals surface area (Å²) in [6.45, 7) is 5.98. The summed E-state index contributed by atoms with van der Waals surface area (Å²) < 4.78 is 0. The van der Waals surface area contributed by atoms with Crippen molar-refractivity contribution >= 4 is 16.9 Å². The normalized spacial score (nSPS) is 11.1. The Kier molecular flexibility index (Phi) is 21.1. The van der Waals surface area contributed by atoms with Crippen LogP contribution < -0.4 is 0 Å². The van der Waals surface area contributed by atoms with Crippen LogP contribution in [0, 0.1) is 6.92 Å². The van der Waals surface area contributed by atoms with E-state index >= 15 is 0 Å². The number of unbranched alkanes of at least 4 members (excludes halogenated alkanes) is 16. The van der Waals surface area contributed by atoms with E-state index in [1.807, 2.05) is 0 Å². The van der Waals surface area contributed by atoms with E-state index in [2.05, 4.69) is 13.8 Å². The Morgan fingerprint density at radius 3 is 1.29 bits per heavy atom. The zero-order valence-corrected chi connectivity index (χ0v) is 17.3. The molecule has 0 saturated heterocycles. The number of hydrogen-bond donors (Lipinski definition) is 0. The van der Waals surface area contributed by atoms with Crippen LogP contribution in [0.5, 0.6) is 0 Å². The second kappa shape index (κ2) is 21.1. The van der Waals surface area contributed by atoms with Gasteiger partial charge in [0.1, 0.15) is 0 Å². The molecule has 1 radical (unpaired) electrons. The lowest BCUT2D eigenvalue weighted by atomic mass is 10.0. The Hall–Kier alpha value is 0.0200. The van der Waals surface area contributed by atoms with Crippen molar-refractivity contribution in [2.75, 3.05) is 5.75 Å². The van der Waals surface area contributed by atoms with E-state index in [-0.39, 0.29) is 0 Å². The third-order valence-corrected chi connectivity index (χ3v) is 5.48. The van der Waals surface area contributed by atoms with Crippen LogP contribution in [0.1, 0.15) is 122 Å². The second-order valence-electron chi connectivity index (χ2n) is 7.13. The molecule has 0 fully saturated rings. The minimum absolute atomic E-state index is 0.325. The van der Waals surface area contributed by atoms with Crippen LogP contribution in [0.15, 0.2) is 0 Å². The highest BCUT2D eigenvalue weighted by Crippen LogP contribution is 2.15. The van der Waals surface area contributed by atoms with E-state index in [0.717, 1.165) is 12.8 Å². The summed E-state index contributed by atoms with van der Waals surface area (Å²) in [5, 5.41) is 0.325. The third kappa shape index (κ3) is 20.1. The van der Waals surface area contributed by atoms with E-state index in [4.69, 9.17) is 0 Å². The molecule has 0 N–H and O–H groups in total. The maximum absolute atomic E-state index is 11.3. The van der Waals surface area contributed by atoms with Crippen molar-refractivity contribution in [2.45, 2.75) is 122 Å². The van der Waals surface area contributed by atoms with Crippen LogP contribution in [0.25, 0.3) is 0 Å². The van der Waals surface area contributed by atoms with Crippen molar-refractivity contribution in [3.63, 3.8) is 0 Å². The topological polar surface area (TPSA) is 17.1 Å². The number of hydrogen-bond acceptors (Lipinski definition) is 2. The van der Waals surface area contributed by atoms with E-state index in [1.54, 1.807) is 0 Å². The molecule has 0 aromatic heterocycles. The molecule has 0 aromatic carbocycles. The fraction of sp³-hybridized carbons (Fsp3) is 0.909. The van der Waals surface area contributed by atoms with Crippen molar-refractivity contribution in [1.82, 2.24) is 0 Å². The van der Waals surface area contributed by atoms with Crippen LogP contribution in [0.2, 0.25) is 0 Å². The smallest absolute Gasteiger partial charge is 0.188 e. The molecule has 2 heteroatoms. The van der Waals surface area contributed by atoms with Crippen molar-refractivity contribution in [2.24, 2.45) is 0 Å². The number of thioether (sulfide) groups is 1. The minimum Gasteiger partial charge on any atom is -0.287 e. The third-order valence-electron chi connectivity index (χ3n) is 4.75. The first-order chi connectivity index (χ1) is 11.8. The van der Waals surface area contributed by atoms with Crippen molar-refractivity contribution in [1.29, 1.82) is 0 Å². The molecule has 0 unspecified atom stereocenters. The van der Waals surface area contributed by atoms with Crippen LogP contribution in [-0.2, 0) is 4.79 Å². The summed E-state index contributed by atoms with van der Waals surface area (Å²) in [5.74, 6) is 0.678. The summed E-state index contributed by atoms with van der Waals surface area (Å²) >= 11 is 1.37. The molecule has 0 atom stereocenters. The van der Waals surface area contributed by atoms with Crippen LogP contribution >= 0.6 is 11.8 Å². The highest BCUT2D eigenvalue weighted by Gasteiger charge is 2.00. The van der Waals surface area contributed by atoms with Gasteiger partial charge in [0.05, 0.1) is 0 Å². The lowest BCUT2D eigenvalue weighted by Gasteiger charge is -2.03. The molecule has 143 valence electrons. The van der Waals surface area contributed by atoms with Crippen LogP contribution in [0.3, 0.4) is 0 Å². The molecule has 0 amide bonds. The van der Waals surface area contributed by atoms with Gasteiger partial charge in [-0.1, -0.05) is 121 Å². The maximum atomic E-state index is 11.3. The summed E-state index contributed by atoms with van der Waals surface area (Å²) in [6, 6.07) is 0. The first kappa shape index (κ1) is 24.0. The van der Waals surface area contributed by atoms with Crippen molar-refractivity contribution in [3.05, 3.63) is 6.92 Å². The summed E-state index contributed by atoms with van der Waals surface area (Å²) in [5.41, 5.74) is 0. The van der Waals surface area contributed by atoms with Gasteiger partial charge in [-0.15, -0.1) is 0 Å². The van der Waals surface area contributed by atoms with Gasteiger partial charge < -0.3 is 0 Å². The molecule has 24 heavy (non-hydrogen) atoms. The van der Waals surface area contributed by atoms with Crippen LogP contribution in [-0.4, -0.2) is 10.9 Å². The first-order valence-corrected chi connectivity index (χ1v) is 11.7. The largest absolute Gasteiger partial charge is 0.287 e. The molecule has 1 nitrogen and oxygen atoms in total. The van der Waals surface area contributed by atoms with E-state index < -0.39 is 0 Å². The zero-order chi connectivity index (χ0) is 17.7. The van der Waals surface area contributed by atoms with Gasteiger partial charge in [0, 0.05) is 12.2 Å². The van der Waals surface area contributed by atoms with Crippen molar-refractivity contribution < 1.29 is 4.79 Å². The molecular formula is C22H43OS. The molecule has 0 spiro atoms. The first-order valence-electron chi connectivity index (χ1n) is 10.8. The molecule has 0 aromatic rings. The van der Waals surface area contributed by atoms with Gasteiger partial charge >= 0.3 is 0 Å². The van der Waals surface area contributed by atoms with Gasteiger partial charge in [0.15, 0.2) is 5.12 Å². The molecule has 0 aliphatic carbocycles. The predicted octanol–water partition coefficient (Wildman–Crippen LogP) is 8.12. The quantitative estimate of drug-likeness (QED) is 0.218. The molecular weight excluding hydrogens is 312 g/mol. The summed E-state index contributed by atoms with van der Waals surface area (Å²) in [7, 11) is 0. The summed E-state index contributed by atoms with van der Waals surface area (Å²) in [4.78, 5) is 11.3. The lowest BCUT2D eigenvalue weighted by molar-refractivity contribution is -0.111. The molecule has 0 aliphatic heterocycles. The maximum Gasteiger partial charge on any atom is 0.188 e. The molecule has 0 saturated carbocycles. The SMILES string of the molecule is [CH2]CSC(=O)CCCCCCCCCCCCCCCCCCC. The second-order valence-corrected chi connectivity index (χ2v) is 8.28. The Balaban J connectivity index is 3.01. The van der Waals surface area contributed by atoms with Crippen molar-refractivity contribution in [3.8, 4) is 0 Å². The fourth-order valence-corrected chi connectivity index (χ4v) is 3.70. The van der Waals surface area contributed by atoms with E-state index in [0.29, 0.717) is 10.9 Å². The molecule has 0 heterocycles. The number of rotatable bonds is 19. The van der Waals surface area contributed by atoms with E-state index in [9.17, 15) is 4.79 Å². The van der Waals surface area contributed by atoms with Gasteiger partial charge in [-0.2, -0.15) is 0 Å². The van der Waals surface area contributed by atoms with E-state index in [1.165, 1.54) is 114 Å². The molecule has 0 bridgehead atoms. The van der Waals surface area contributed by atoms with Gasteiger partial charge in [-0.3, -0.25) is 4.79 Å². The average Bonchev–Trinajstić information content (AvgIpc) is 2.58. The highest BCUT2D eigenvalue weighted by molar-refractivity contribution is 8.13. The lowest BCUT2D eigenvalue weighted by Crippen LogP contribution is -1.92.